The molecule has 6 heteroatoms. The van der Waals surface area contributed by atoms with Gasteiger partial charge in [-0.25, -0.2) is 0 Å². The Labute approximate surface area is 147 Å². The molecule has 0 spiro atoms. The number of para-hydroxylation sites is 1. The summed E-state index contributed by atoms with van der Waals surface area (Å²) < 4.78 is 0. The molecule has 2 unspecified atom stereocenters. The lowest BCUT2D eigenvalue weighted by atomic mass is 9.92. The average molecular weight is 339 g/mol. The summed E-state index contributed by atoms with van der Waals surface area (Å²) in [6.45, 7) is 5.85. The second kappa shape index (κ2) is 8.25. The highest BCUT2D eigenvalue weighted by Crippen LogP contribution is 2.30. The Kier molecular flexibility index (Phi) is 6.07. The van der Waals surface area contributed by atoms with Crippen molar-refractivity contribution >= 4 is 23.3 Å². The van der Waals surface area contributed by atoms with Crippen LogP contribution in [0.4, 0.5) is 5.69 Å². The number of nitrogens with one attached hydrogen (secondary N) is 1. The fourth-order valence-electron chi connectivity index (χ4n) is 2.97. The van der Waals surface area contributed by atoms with Gasteiger partial charge in [-0.1, -0.05) is 31.2 Å². The van der Waals surface area contributed by atoms with Crippen molar-refractivity contribution in [1.29, 1.82) is 5.26 Å². The molecule has 1 saturated heterocycles. The summed E-state index contributed by atoms with van der Waals surface area (Å²) in [5, 5.41) is 11.7. The number of rotatable bonds is 7. The normalized spacial score (nSPS) is 17.7. The number of aryl methyl sites for hydroxylation is 1. The summed E-state index contributed by atoms with van der Waals surface area (Å²) >= 11 is 0. The highest BCUT2D eigenvalue weighted by molar-refractivity contribution is 6.09. The molecule has 1 heterocycles. The number of nitrogens with zero attached hydrogens (tertiary/aromatic N) is 2. The fourth-order valence-corrected chi connectivity index (χ4v) is 2.97. The fraction of sp³-hybridized carbons (Fsp3) is 0.368. The summed E-state index contributed by atoms with van der Waals surface area (Å²) in [5.74, 6) is -3.38. The molecular weight excluding hydrogens is 318 g/mol. The Hall–Kier alpha value is -2.94. The molecule has 6 nitrogen and oxygen atoms in total. The molecular formula is C19H21N3O3. The predicted molar refractivity (Wildman–Crippen MR) is 93.6 cm³/mol. The molecule has 1 aliphatic heterocycles. The highest BCUT2D eigenvalue weighted by atomic mass is 16.2. The molecule has 0 saturated carbocycles. The quantitative estimate of drug-likeness (QED) is 0.604. The predicted octanol–water partition coefficient (Wildman–Crippen LogP) is 1.61. The van der Waals surface area contributed by atoms with Crippen LogP contribution in [0.25, 0.3) is 0 Å². The number of nitriles is 1. The third-order valence-electron chi connectivity index (χ3n) is 4.29. The van der Waals surface area contributed by atoms with Crippen molar-refractivity contribution in [3.05, 3.63) is 42.5 Å². The average Bonchev–Trinajstić information content (AvgIpc) is 3.02. The SMILES string of the molecule is C=CCNC(=O)C(C#N)C(=O)C1CC(=O)N(c2ccccc2CC)C1. The van der Waals surface area contributed by atoms with Crippen molar-refractivity contribution < 1.29 is 14.4 Å². The Morgan fingerprint density at radius 1 is 1.48 bits per heavy atom. The summed E-state index contributed by atoms with van der Waals surface area (Å²) in [6.07, 6.45) is 2.26. The number of Topliss-reactive ketones (excluding diaryl/α,β-unsaturated/α-hetero) is 1. The van der Waals surface area contributed by atoms with Crippen LogP contribution in [0, 0.1) is 23.2 Å². The number of amides is 2. The van der Waals surface area contributed by atoms with Gasteiger partial charge in [0, 0.05) is 31.1 Å². The van der Waals surface area contributed by atoms with E-state index in [-0.39, 0.29) is 25.4 Å². The molecule has 0 radical (unpaired) electrons. The van der Waals surface area contributed by atoms with Crippen LogP contribution in [-0.2, 0) is 20.8 Å². The van der Waals surface area contributed by atoms with E-state index in [9.17, 15) is 19.6 Å². The van der Waals surface area contributed by atoms with Gasteiger partial charge >= 0.3 is 0 Å². The molecule has 0 aliphatic carbocycles. The summed E-state index contributed by atoms with van der Waals surface area (Å²) in [5.41, 5.74) is 1.81. The van der Waals surface area contributed by atoms with Crippen molar-refractivity contribution in [3.8, 4) is 6.07 Å². The van der Waals surface area contributed by atoms with Gasteiger partial charge < -0.3 is 10.2 Å². The molecule has 130 valence electrons. The zero-order valence-corrected chi connectivity index (χ0v) is 14.2. The standard InChI is InChI=1S/C19H21N3O3/c1-3-9-21-19(25)15(11-20)18(24)14-10-17(23)22(12-14)16-8-6-5-7-13(16)4-2/h3,5-8,14-15H,1,4,9-10,12H2,2H3,(H,21,25). The molecule has 1 N–H and O–H groups in total. The third-order valence-corrected chi connectivity index (χ3v) is 4.29. The lowest BCUT2D eigenvalue weighted by Gasteiger charge is -2.20. The van der Waals surface area contributed by atoms with Gasteiger partial charge in [-0.2, -0.15) is 5.26 Å². The first-order valence-electron chi connectivity index (χ1n) is 8.23. The van der Waals surface area contributed by atoms with E-state index < -0.39 is 23.5 Å². The van der Waals surface area contributed by atoms with E-state index in [0.717, 1.165) is 17.7 Å². The Morgan fingerprint density at radius 3 is 2.84 bits per heavy atom. The molecule has 2 atom stereocenters. The first-order valence-corrected chi connectivity index (χ1v) is 8.23. The maximum Gasteiger partial charge on any atom is 0.245 e. The summed E-state index contributed by atoms with van der Waals surface area (Å²) in [7, 11) is 0. The van der Waals surface area contributed by atoms with Gasteiger partial charge in [0.05, 0.1) is 6.07 Å². The van der Waals surface area contributed by atoms with Crippen LogP contribution < -0.4 is 10.2 Å². The van der Waals surface area contributed by atoms with Crippen molar-refractivity contribution in [3.63, 3.8) is 0 Å². The minimum absolute atomic E-state index is 0.0177. The molecule has 25 heavy (non-hydrogen) atoms. The van der Waals surface area contributed by atoms with Gasteiger partial charge in [0.25, 0.3) is 0 Å². The monoisotopic (exact) mass is 339 g/mol. The number of ketones is 1. The molecule has 1 fully saturated rings. The number of carbonyl (C=O) groups excluding carboxylic acids is 3. The first kappa shape index (κ1) is 18.4. The summed E-state index contributed by atoms with van der Waals surface area (Å²) in [6, 6.07) is 9.29. The van der Waals surface area contributed by atoms with Crippen LogP contribution in [-0.4, -0.2) is 30.7 Å². The van der Waals surface area contributed by atoms with Crippen molar-refractivity contribution in [2.24, 2.45) is 11.8 Å². The number of anilines is 1. The van der Waals surface area contributed by atoms with E-state index in [1.807, 2.05) is 31.2 Å². The molecule has 1 aliphatic rings. The molecule has 0 bridgehead atoms. The number of hydrogen-bond donors (Lipinski definition) is 1. The van der Waals surface area contributed by atoms with E-state index in [1.54, 1.807) is 11.0 Å². The van der Waals surface area contributed by atoms with Crippen LogP contribution in [0.2, 0.25) is 0 Å². The van der Waals surface area contributed by atoms with Gasteiger partial charge in [-0.3, -0.25) is 14.4 Å². The van der Waals surface area contributed by atoms with Crippen LogP contribution in [0.15, 0.2) is 36.9 Å². The molecule has 2 amide bonds. The molecule has 2 rings (SSSR count). The number of carbonyl (C=O) groups is 3. The first-order chi connectivity index (χ1) is 12.0. The van der Waals surface area contributed by atoms with Crippen molar-refractivity contribution in [1.82, 2.24) is 5.32 Å². The maximum absolute atomic E-state index is 12.6. The lowest BCUT2D eigenvalue weighted by molar-refractivity contribution is -0.134. The largest absolute Gasteiger partial charge is 0.351 e. The van der Waals surface area contributed by atoms with E-state index in [4.69, 9.17) is 0 Å². The molecule has 1 aromatic carbocycles. The topological polar surface area (TPSA) is 90.3 Å². The second-order valence-electron chi connectivity index (χ2n) is 5.89. The number of benzene rings is 1. The van der Waals surface area contributed by atoms with Crippen LogP contribution in [0.5, 0.6) is 0 Å². The second-order valence-corrected chi connectivity index (χ2v) is 5.89. The maximum atomic E-state index is 12.6. The molecule has 0 aromatic heterocycles. The minimum atomic E-state index is -1.40. The zero-order valence-electron chi connectivity index (χ0n) is 14.2. The van der Waals surface area contributed by atoms with Gasteiger partial charge in [-0.15, -0.1) is 6.58 Å². The molecule has 1 aromatic rings. The Balaban J connectivity index is 2.16. The van der Waals surface area contributed by atoms with Crippen LogP contribution in [0.1, 0.15) is 18.9 Å². The Morgan fingerprint density at radius 2 is 2.20 bits per heavy atom. The highest BCUT2D eigenvalue weighted by Gasteiger charge is 2.40. The van der Waals surface area contributed by atoms with Gasteiger partial charge in [0.1, 0.15) is 0 Å². The van der Waals surface area contributed by atoms with E-state index in [0.29, 0.717) is 0 Å². The lowest BCUT2D eigenvalue weighted by Crippen LogP contribution is -2.38. The van der Waals surface area contributed by atoms with Crippen LogP contribution in [0.3, 0.4) is 0 Å². The van der Waals surface area contributed by atoms with Crippen LogP contribution >= 0.6 is 0 Å². The Bertz CT molecular complexity index is 736. The summed E-state index contributed by atoms with van der Waals surface area (Å²) in [4.78, 5) is 38.5. The minimum Gasteiger partial charge on any atom is -0.351 e. The van der Waals surface area contributed by atoms with E-state index in [2.05, 4.69) is 11.9 Å². The van der Waals surface area contributed by atoms with Gasteiger partial charge in [0.2, 0.25) is 11.8 Å². The third kappa shape index (κ3) is 3.94. The smallest absolute Gasteiger partial charge is 0.245 e. The zero-order chi connectivity index (χ0) is 18.4. The van der Waals surface area contributed by atoms with E-state index >= 15 is 0 Å². The van der Waals surface area contributed by atoms with Gasteiger partial charge in [0.15, 0.2) is 11.7 Å². The van der Waals surface area contributed by atoms with Gasteiger partial charge in [-0.05, 0) is 18.1 Å². The van der Waals surface area contributed by atoms with Crippen molar-refractivity contribution in [2.75, 3.05) is 18.0 Å². The number of hydrogen-bond acceptors (Lipinski definition) is 4. The van der Waals surface area contributed by atoms with Crippen molar-refractivity contribution in [2.45, 2.75) is 19.8 Å². The van der Waals surface area contributed by atoms with E-state index in [1.165, 1.54) is 6.08 Å².